The maximum atomic E-state index is 6.06. The van der Waals surface area contributed by atoms with Crippen LogP contribution in [0.5, 0.6) is 0 Å². The molecule has 94 valence electrons. The summed E-state index contributed by atoms with van der Waals surface area (Å²) in [5.41, 5.74) is 5.57. The van der Waals surface area contributed by atoms with Gasteiger partial charge >= 0.3 is 0 Å². The molecule has 17 heavy (non-hydrogen) atoms. The summed E-state index contributed by atoms with van der Waals surface area (Å²) in [4.78, 5) is 10.0. The van der Waals surface area contributed by atoms with Crippen molar-refractivity contribution in [2.45, 2.75) is 12.8 Å². The summed E-state index contributed by atoms with van der Waals surface area (Å²) in [6, 6.07) is 0. The highest BCUT2D eigenvalue weighted by Gasteiger charge is 2.18. The monoisotopic (exact) mass is 256 g/mol. The molecule has 0 radical (unpaired) electrons. The third kappa shape index (κ3) is 3.20. The first-order chi connectivity index (χ1) is 8.16. The van der Waals surface area contributed by atoms with Gasteiger partial charge in [-0.1, -0.05) is 11.6 Å². The Balaban J connectivity index is 2.02. The zero-order valence-electron chi connectivity index (χ0n) is 9.90. The molecule has 1 atom stereocenters. The highest BCUT2D eigenvalue weighted by Crippen LogP contribution is 2.24. The Morgan fingerprint density at radius 3 is 3.18 bits per heavy atom. The van der Waals surface area contributed by atoms with Gasteiger partial charge in [0.05, 0.1) is 12.8 Å². The average molecular weight is 257 g/mol. The molecule has 1 fully saturated rings. The Kier molecular flexibility index (Phi) is 4.02. The van der Waals surface area contributed by atoms with Crippen molar-refractivity contribution < 1.29 is 4.74 Å². The number of hydrogen-bond acceptors (Lipinski definition) is 5. The lowest BCUT2D eigenvalue weighted by molar-refractivity contribution is 0.0576. The van der Waals surface area contributed by atoms with Crippen LogP contribution < -0.4 is 10.6 Å². The van der Waals surface area contributed by atoms with Gasteiger partial charge in [0, 0.05) is 20.2 Å². The van der Waals surface area contributed by atoms with Gasteiger partial charge in [-0.2, -0.15) is 4.98 Å². The summed E-state index contributed by atoms with van der Waals surface area (Å²) >= 11 is 6.06. The maximum absolute atomic E-state index is 6.06. The van der Waals surface area contributed by atoms with Gasteiger partial charge in [-0.15, -0.1) is 0 Å². The van der Waals surface area contributed by atoms with E-state index in [9.17, 15) is 0 Å². The molecule has 2 N–H and O–H groups in total. The lowest BCUT2D eigenvalue weighted by atomic mass is 10.0. The SMILES string of the molecule is CN(CC1CCCOC1)c1nc(N)ncc1Cl. The van der Waals surface area contributed by atoms with E-state index in [1.54, 1.807) is 0 Å². The molecule has 5 nitrogen and oxygen atoms in total. The van der Waals surface area contributed by atoms with E-state index in [0.29, 0.717) is 16.8 Å². The van der Waals surface area contributed by atoms with Gasteiger partial charge in [-0.25, -0.2) is 4.98 Å². The summed E-state index contributed by atoms with van der Waals surface area (Å²) in [5, 5.41) is 0.526. The number of rotatable bonds is 3. The van der Waals surface area contributed by atoms with Gasteiger partial charge in [0.25, 0.3) is 0 Å². The molecule has 1 saturated heterocycles. The standard InChI is InChI=1S/C11H17ClN4O/c1-16(6-8-3-2-4-17-7-8)10-9(12)5-14-11(13)15-10/h5,8H,2-4,6-7H2,1H3,(H2,13,14,15). The lowest BCUT2D eigenvalue weighted by Gasteiger charge is -2.28. The summed E-state index contributed by atoms with van der Waals surface area (Å²) in [6.45, 7) is 2.56. The van der Waals surface area contributed by atoms with Crippen LogP contribution in [0.4, 0.5) is 11.8 Å². The first kappa shape index (κ1) is 12.4. The van der Waals surface area contributed by atoms with Crippen molar-refractivity contribution in [3.63, 3.8) is 0 Å². The molecule has 0 spiro atoms. The molecule has 1 unspecified atom stereocenters. The van der Waals surface area contributed by atoms with Gasteiger partial charge in [0.1, 0.15) is 5.02 Å². The minimum absolute atomic E-state index is 0.246. The van der Waals surface area contributed by atoms with E-state index in [0.717, 1.165) is 26.2 Å². The molecule has 0 aromatic carbocycles. The second-order valence-corrected chi connectivity index (χ2v) is 4.77. The van der Waals surface area contributed by atoms with Crippen molar-refractivity contribution in [2.75, 3.05) is 37.4 Å². The third-order valence-electron chi connectivity index (χ3n) is 2.89. The van der Waals surface area contributed by atoms with Gasteiger partial charge in [-0.3, -0.25) is 0 Å². The molecule has 2 rings (SSSR count). The van der Waals surface area contributed by atoms with Crippen molar-refractivity contribution in [3.8, 4) is 0 Å². The Hall–Kier alpha value is -1.07. The van der Waals surface area contributed by atoms with Gasteiger partial charge in [0.15, 0.2) is 5.82 Å². The Morgan fingerprint density at radius 1 is 1.65 bits per heavy atom. The predicted molar refractivity (Wildman–Crippen MR) is 68.3 cm³/mol. The van der Waals surface area contributed by atoms with Crippen molar-refractivity contribution >= 4 is 23.4 Å². The van der Waals surface area contributed by atoms with Gasteiger partial charge in [0.2, 0.25) is 5.95 Å². The summed E-state index contributed by atoms with van der Waals surface area (Å²) in [6.07, 6.45) is 3.84. The van der Waals surface area contributed by atoms with Crippen LogP contribution in [0.3, 0.4) is 0 Å². The molecule has 2 heterocycles. The number of nitrogens with zero attached hydrogens (tertiary/aromatic N) is 3. The van der Waals surface area contributed by atoms with Crippen molar-refractivity contribution in [3.05, 3.63) is 11.2 Å². The van der Waals surface area contributed by atoms with Crippen LogP contribution in [0.2, 0.25) is 5.02 Å². The second-order valence-electron chi connectivity index (χ2n) is 4.36. The fourth-order valence-corrected chi connectivity index (χ4v) is 2.30. The molecule has 1 aliphatic rings. The number of anilines is 2. The van der Waals surface area contributed by atoms with E-state index >= 15 is 0 Å². The zero-order chi connectivity index (χ0) is 12.3. The Labute approximate surface area is 106 Å². The topological polar surface area (TPSA) is 64.3 Å². The average Bonchev–Trinajstić information content (AvgIpc) is 2.33. The van der Waals surface area contributed by atoms with Crippen LogP contribution in [-0.2, 0) is 4.74 Å². The smallest absolute Gasteiger partial charge is 0.222 e. The number of ether oxygens (including phenoxy) is 1. The van der Waals surface area contributed by atoms with Crippen molar-refractivity contribution in [1.82, 2.24) is 9.97 Å². The highest BCUT2D eigenvalue weighted by atomic mass is 35.5. The summed E-state index contributed by atoms with van der Waals surface area (Å²) < 4.78 is 5.46. The lowest BCUT2D eigenvalue weighted by Crippen LogP contribution is -2.31. The highest BCUT2D eigenvalue weighted by molar-refractivity contribution is 6.32. The quantitative estimate of drug-likeness (QED) is 0.890. The van der Waals surface area contributed by atoms with Crippen LogP contribution in [0, 0.1) is 5.92 Å². The minimum atomic E-state index is 0.246. The fraction of sp³-hybridized carbons (Fsp3) is 0.636. The van der Waals surface area contributed by atoms with Crippen LogP contribution in [0.1, 0.15) is 12.8 Å². The van der Waals surface area contributed by atoms with Gasteiger partial charge in [-0.05, 0) is 18.8 Å². The van der Waals surface area contributed by atoms with Gasteiger partial charge < -0.3 is 15.4 Å². The minimum Gasteiger partial charge on any atom is -0.381 e. The molecule has 0 saturated carbocycles. The molecular weight excluding hydrogens is 240 g/mol. The molecule has 6 heteroatoms. The van der Waals surface area contributed by atoms with Crippen LogP contribution >= 0.6 is 11.6 Å². The van der Waals surface area contributed by atoms with E-state index in [1.165, 1.54) is 12.6 Å². The molecular formula is C11H17ClN4O. The fourth-order valence-electron chi connectivity index (χ4n) is 2.06. The number of hydrogen-bond donors (Lipinski definition) is 1. The normalized spacial score (nSPS) is 20.2. The number of nitrogen functional groups attached to an aromatic ring is 1. The Bertz CT molecular complexity index is 382. The van der Waals surface area contributed by atoms with E-state index in [4.69, 9.17) is 22.1 Å². The zero-order valence-corrected chi connectivity index (χ0v) is 10.7. The van der Waals surface area contributed by atoms with Crippen LogP contribution in [0.15, 0.2) is 6.20 Å². The number of aromatic nitrogens is 2. The van der Waals surface area contributed by atoms with Crippen molar-refractivity contribution in [1.29, 1.82) is 0 Å². The Morgan fingerprint density at radius 2 is 2.47 bits per heavy atom. The van der Waals surface area contributed by atoms with E-state index in [1.807, 2.05) is 11.9 Å². The van der Waals surface area contributed by atoms with E-state index < -0.39 is 0 Å². The number of halogens is 1. The summed E-state index contributed by atoms with van der Waals surface area (Å²) in [7, 11) is 1.96. The van der Waals surface area contributed by atoms with E-state index in [2.05, 4.69) is 9.97 Å². The number of nitrogens with two attached hydrogens (primary N) is 1. The predicted octanol–water partition coefficient (Wildman–Crippen LogP) is 1.57. The molecule has 1 aromatic rings. The summed E-state index contributed by atoms with van der Waals surface area (Å²) in [5.74, 6) is 1.46. The first-order valence-electron chi connectivity index (χ1n) is 5.73. The van der Waals surface area contributed by atoms with E-state index in [-0.39, 0.29) is 5.95 Å². The molecule has 1 aromatic heterocycles. The second kappa shape index (κ2) is 5.51. The van der Waals surface area contributed by atoms with Crippen LogP contribution in [0.25, 0.3) is 0 Å². The molecule has 0 amide bonds. The third-order valence-corrected chi connectivity index (χ3v) is 3.16. The van der Waals surface area contributed by atoms with Crippen LogP contribution in [-0.4, -0.2) is 36.8 Å². The first-order valence-corrected chi connectivity index (χ1v) is 6.11. The largest absolute Gasteiger partial charge is 0.381 e. The van der Waals surface area contributed by atoms with Crippen molar-refractivity contribution in [2.24, 2.45) is 5.92 Å². The molecule has 1 aliphatic heterocycles. The molecule has 0 bridgehead atoms. The molecule has 0 aliphatic carbocycles. The maximum Gasteiger partial charge on any atom is 0.222 e.